The maximum absolute atomic E-state index is 14.6. The molecule has 2 heterocycles. The smallest absolute Gasteiger partial charge is 0.293 e. The molecule has 144 valence electrons. The maximum atomic E-state index is 14.6. The molecule has 0 bridgehead atoms. The molecule has 2 aliphatic heterocycles. The van der Waals surface area contributed by atoms with E-state index in [0.29, 0.717) is 22.9 Å². The summed E-state index contributed by atoms with van der Waals surface area (Å²) in [6.45, 7) is 2.41. The van der Waals surface area contributed by atoms with Crippen LogP contribution in [0.15, 0.2) is 23.1 Å². The molecule has 0 atom stereocenters. The number of benzene rings is 1. The van der Waals surface area contributed by atoms with Crippen molar-refractivity contribution in [3.05, 3.63) is 34.5 Å². The first-order valence-electron chi connectivity index (χ1n) is 9.92. The lowest BCUT2D eigenvalue weighted by Gasteiger charge is -2.25. The largest absolute Gasteiger partial charge is 0.371 e. The summed E-state index contributed by atoms with van der Waals surface area (Å²) in [5.74, 6) is -0.222. The van der Waals surface area contributed by atoms with Crippen LogP contribution in [0.2, 0.25) is 0 Å². The number of nitrogens with zero attached hydrogens (tertiary/aromatic N) is 2. The molecule has 0 spiro atoms. The van der Waals surface area contributed by atoms with Crippen LogP contribution in [0.25, 0.3) is 6.08 Å². The highest BCUT2D eigenvalue weighted by Gasteiger charge is 2.36. The molecule has 1 saturated carbocycles. The average molecular weight is 389 g/mol. The highest BCUT2D eigenvalue weighted by molar-refractivity contribution is 8.18. The molecule has 4 rings (SSSR count). The van der Waals surface area contributed by atoms with Gasteiger partial charge in [0.1, 0.15) is 5.82 Å². The van der Waals surface area contributed by atoms with Crippen molar-refractivity contribution in [1.29, 1.82) is 0 Å². The standard InChI is InChI=1S/C21H25FN2O2S/c22-18-13-17(23-10-4-5-11-23)9-8-16(18)12-19-20(25)24(21(26)27-19)14-15-6-2-1-3-7-15/h8-9,12-13,15H,1-7,10-11,14H2/b19-12+. The third kappa shape index (κ3) is 4.05. The van der Waals surface area contributed by atoms with Crippen LogP contribution in [0.5, 0.6) is 0 Å². The summed E-state index contributed by atoms with van der Waals surface area (Å²) < 4.78 is 14.6. The van der Waals surface area contributed by atoms with Gasteiger partial charge < -0.3 is 4.90 Å². The lowest BCUT2D eigenvalue weighted by molar-refractivity contribution is -0.123. The van der Waals surface area contributed by atoms with Crippen LogP contribution < -0.4 is 4.90 Å². The molecule has 6 heteroatoms. The third-order valence-electron chi connectivity index (χ3n) is 5.78. The molecule has 3 fully saturated rings. The van der Waals surface area contributed by atoms with Crippen molar-refractivity contribution in [1.82, 2.24) is 4.90 Å². The van der Waals surface area contributed by atoms with Gasteiger partial charge in [-0.3, -0.25) is 14.5 Å². The van der Waals surface area contributed by atoms with E-state index in [0.717, 1.165) is 56.2 Å². The van der Waals surface area contributed by atoms with Crippen LogP contribution in [-0.2, 0) is 4.79 Å². The molecule has 0 unspecified atom stereocenters. The minimum absolute atomic E-state index is 0.231. The molecule has 2 amide bonds. The number of thioether (sulfide) groups is 1. The second-order valence-corrected chi connectivity index (χ2v) is 8.69. The van der Waals surface area contributed by atoms with Crippen molar-refractivity contribution in [3.63, 3.8) is 0 Å². The van der Waals surface area contributed by atoms with Crippen molar-refractivity contribution in [3.8, 4) is 0 Å². The second kappa shape index (κ2) is 8.05. The first kappa shape index (κ1) is 18.5. The maximum Gasteiger partial charge on any atom is 0.293 e. The van der Waals surface area contributed by atoms with Gasteiger partial charge in [0.2, 0.25) is 0 Å². The topological polar surface area (TPSA) is 40.6 Å². The summed E-state index contributed by atoms with van der Waals surface area (Å²) >= 11 is 0.925. The molecule has 0 radical (unpaired) electrons. The van der Waals surface area contributed by atoms with Gasteiger partial charge in [-0.05, 0) is 67.6 Å². The Morgan fingerprint density at radius 2 is 1.81 bits per heavy atom. The number of halogens is 1. The number of carbonyl (C=O) groups excluding carboxylic acids is 2. The molecular formula is C21H25FN2O2S. The van der Waals surface area contributed by atoms with Gasteiger partial charge in [-0.25, -0.2) is 4.39 Å². The molecule has 1 aromatic carbocycles. The normalized spacial score (nSPS) is 23.1. The van der Waals surface area contributed by atoms with Crippen LogP contribution in [0.4, 0.5) is 14.9 Å². The SMILES string of the molecule is O=C1S/C(=C/c2ccc(N3CCCC3)cc2F)C(=O)N1CC1CCCCC1. The van der Waals surface area contributed by atoms with Crippen LogP contribution in [0, 0.1) is 11.7 Å². The van der Waals surface area contributed by atoms with Crippen molar-refractivity contribution >= 4 is 34.7 Å². The fourth-order valence-corrected chi connectivity index (χ4v) is 5.07. The Kier molecular flexibility index (Phi) is 5.53. The van der Waals surface area contributed by atoms with E-state index in [2.05, 4.69) is 4.90 Å². The van der Waals surface area contributed by atoms with E-state index < -0.39 is 0 Å². The van der Waals surface area contributed by atoms with Gasteiger partial charge in [-0.2, -0.15) is 0 Å². The van der Waals surface area contributed by atoms with E-state index in [1.807, 2.05) is 6.07 Å². The quantitative estimate of drug-likeness (QED) is 0.678. The molecule has 4 nitrogen and oxygen atoms in total. The Morgan fingerprint density at radius 1 is 1.07 bits per heavy atom. The zero-order chi connectivity index (χ0) is 18.8. The van der Waals surface area contributed by atoms with E-state index in [9.17, 15) is 14.0 Å². The Morgan fingerprint density at radius 3 is 2.52 bits per heavy atom. The van der Waals surface area contributed by atoms with Crippen LogP contribution in [0.1, 0.15) is 50.5 Å². The first-order valence-corrected chi connectivity index (χ1v) is 10.7. The summed E-state index contributed by atoms with van der Waals surface area (Å²) in [5.41, 5.74) is 1.24. The number of hydrogen-bond donors (Lipinski definition) is 0. The van der Waals surface area contributed by atoms with E-state index in [4.69, 9.17) is 0 Å². The lowest BCUT2D eigenvalue weighted by atomic mass is 9.89. The number of anilines is 1. The zero-order valence-electron chi connectivity index (χ0n) is 15.5. The van der Waals surface area contributed by atoms with E-state index >= 15 is 0 Å². The summed E-state index contributed by atoms with van der Waals surface area (Å²) in [7, 11) is 0. The highest BCUT2D eigenvalue weighted by atomic mass is 32.2. The fourth-order valence-electron chi connectivity index (χ4n) is 4.23. The molecular weight excluding hydrogens is 363 g/mol. The summed E-state index contributed by atoms with van der Waals surface area (Å²) in [4.78, 5) is 28.8. The molecule has 1 aliphatic carbocycles. The van der Waals surface area contributed by atoms with Crippen LogP contribution in [-0.4, -0.2) is 35.7 Å². The molecule has 2 saturated heterocycles. The summed E-state index contributed by atoms with van der Waals surface area (Å²) in [6, 6.07) is 5.13. The molecule has 3 aliphatic rings. The number of amides is 2. The summed E-state index contributed by atoms with van der Waals surface area (Å²) in [6.07, 6.45) is 9.53. The van der Waals surface area contributed by atoms with Crippen LogP contribution >= 0.6 is 11.8 Å². The Labute approximate surface area is 163 Å². The van der Waals surface area contributed by atoms with Crippen molar-refractivity contribution in [2.24, 2.45) is 5.92 Å². The average Bonchev–Trinajstić information content (AvgIpc) is 3.29. The molecule has 1 aromatic rings. The zero-order valence-corrected chi connectivity index (χ0v) is 16.3. The van der Waals surface area contributed by atoms with E-state index in [-0.39, 0.29) is 17.0 Å². The number of hydrogen-bond acceptors (Lipinski definition) is 4. The Bertz CT molecular complexity index is 767. The van der Waals surface area contributed by atoms with Crippen molar-refractivity contribution in [2.45, 2.75) is 44.9 Å². The van der Waals surface area contributed by atoms with Crippen molar-refractivity contribution in [2.75, 3.05) is 24.5 Å². The van der Waals surface area contributed by atoms with Gasteiger partial charge in [0, 0.05) is 30.9 Å². The van der Waals surface area contributed by atoms with Gasteiger partial charge >= 0.3 is 0 Å². The minimum atomic E-state index is -0.349. The van der Waals surface area contributed by atoms with Crippen molar-refractivity contribution < 1.29 is 14.0 Å². The number of carbonyl (C=O) groups is 2. The predicted molar refractivity (Wildman–Crippen MR) is 107 cm³/mol. The van der Waals surface area contributed by atoms with Gasteiger partial charge in [-0.1, -0.05) is 19.3 Å². The Hall–Kier alpha value is -1.82. The second-order valence-electron chi connectivity index (χ2n) is 7.70. The first-order chi connectivity index (χ1) is 13.1. The van der Waals surface area contributed by atoms with Crippen LogP contribution in [0.3, 0.4) is 0 Å². The van der Waals surface area contributed by atoms with Gasteiger partial charge in [0.25, 0.3) is 11.1 Å². The summed E-state index contributed by atoms with van der Waals surface area (Å²) in [5, 5.41) is -0.231. The Balaban J connectivity index is 1.48. The third-order valence-corrected chi connectivity index (χ3v) is 6.69. The number of imide groups is 1. The van der Waals surface area contributed by atoms with Gasteiger partial charge in [-0.15, -0.1) is 0 Å². The predicted octanol–water partition coefficient (Wildman–Crippen LogP) is 5.04. The lowest BCUT2D eigenvalue weighted by Crippen LogP contribution is -2.34. The minimum Gasteiger partial charge on any atom is -0.371 e. The fraction of sp³-hybridized carbons (Fsp3) is 0.524. The van der Waals surface area contributed by atoms with Gasteiger partial charge in [0.15, 0.2) is 0 Å². The molecule has 0 N–H and O–H groups in total. The molecule has 27 heavy (non-hydrogen) atoms. The monoisotopic (exact) mass is 388 g/mol. The van der Waals surface area contributed by atoms with E-state index in [1.165, 1.54) is 36.3 Å². The molecule has 0 aromatic heterocycles. The number of rotatable bonds is 4. The van der Waals surface area contributed by atoms with Gasteiger partial charge in [0.05, 0.1) is 4.91 Å². The van der Waals surface area contributed by atoms with E-state index in [1.54, 1.807) is 6.07 Å². The highest BCUT2D eigenvalue weighted by Crippen LogP contribution is 2.35.